The lowest BCUT2D eigenvalue weighted by Crippen LogP contribution is -2.47. The van der Waals surface area contributed by atoms with Crippen molar-refractivity contribution in [1.29, 1.82) is 0 Å². The van der Waals surface area contributed by atoms with E-state index in [1.54, 1.807) is 29.2 Å². The molecule has 1 aliphatic rings. The number of nitrogens with zero attached hydrogens (tertiary/aromatic N) is 2. The van der Waals surface area contributed by atoms with Gasteiger partial charge < -0.3 is 9.80 Å². The minimum absolute atomic E-state index is 0.0829. The third-order valence-corrected chi connectivity index (χ3v) is 5.95. The van der Waals surface area contributed by atoms with Gasteiger partial charge in [-0.05, 0) is 67.8 Å². The molecule has 0 saturated heterocycles. The highest BCUT2D eigenvalue weighted by Crippen LogP contribution is 2.43. The molecule has 32 heavy (non-hydrogen) atoms. The van der Waals surface area contributed by atoms with E-state index in [9.17, 15) is 14.0 Å². The molecule has 0 N–H and O–H groups in total. The fourth-order valence-corrected chi connectivity index (χ4v) is 4.50. The molecule has 0 bridgehead atoms. The van der Waals surface area contributed by atoms with E-state index in [1.807, 2.05) is 61.2 Å². The molecule has 2 unspecified atom stereocenters. The van der Waals surface area contributed by atoms with Gasteiger partial charge in [0, 0.05) is 29.4 Å². The summed E-state index contributed by atoms with van der Waals surface area (Å²) in [6, 6.07) is 22.5. The van der Waals surface area contributed by atoms with Crippen LogP contribution >= 0.6 is 0 Å². The molecule has 4 rings (SSSR count). The quantitative estimate of drug-likeness (QED) is 0.488. The van der Waals surface area contributed by atoms with E-state index in [2.05, 4.69) is 0 Å². The smallest absolute Gasteiger partial charge is 0.258 e. The summed E-state index contributed by atoms with van der Waals surface area (Å²) < 4.78 is 13.7. The summed E-state index contributed by atoms with van der Waals surface area (Å²) in [5.41, 5.74) is 2.94. The standard InChI is InChI=1S/C27H27FN2O2/c1-3-9-26(31)29-19(2)18-25(23-12-7-8-13-24(23)29)30(22-16-14-21(28)15-17-22)27(32)20-10-5-4-6-11-20/h4-8,10-17,19,25H,3,9,18H2,1-2H3. The Morgan fingerprint density at radius 2 is 1.62 bits per heavy atom. The SMILES string of the molecule is CCCC(=O)N1c2ccccc2C(N(C(=O)c2ccccc2)c2ccc(F)cc2)CC1C. The van der Waals surface area contributed by atoms with Crippen molar-refractivity contribution < 1.29 is 14.0 Å². The van der Waals surface area contributed by atoms with Gasteiger partial charge in [-0.1, -0.05) is 43.3 Å². The van der Waals surface area contributed by atoms with Crippen LogP contribution in [0.25, 0.3) is 0 Å². The second kappa shape index (κ2) is 9.35. The van der Waals surface area contributed by atoms with Gasteiger partial charge in [-0.25, -0.2) is 4.39 Å². The Bertz CT molecular complexity index is 1100. The molecule has 0 aliphatic carbocycles. The number of carbonyl (C=O) groups excluding carboxylic acids is 2. The van der Waals surface area contributed by atoms with E-state index in [1.165, 1.54) is 12.1 Å². The molecular formula is C27H27FN2O2. The third kappa shape index (κ3) is 4.15. The first kappa shape index (κ1) is 21.8. The minimum atomic E-state index is -0.352. The number of amides is 2. The summed E-state index contributed by atoms with van der Waals surface area (Å²) in [5.74, 6) is -0.416. The van der Waals surface area contributed by atoms with Crippen molar-refractivity contribution in [3.05, 3.63) is 95.8 Å². The predicted octanol–water partition coefficient (Wildman–Crippen LogP) is 6.14. The summed E-state index contributed by atoms with van der Waals surface area (Å²) in [6.07, 6.45) is 1.85. The number of hydrogen-bond donors (Lipinski definition) is 0. The minimum Gasteiger partial charge on any atom is -0.309 e. The first-order chi connectivity index (χ1) is 15.5. The van der Waals surface area contributed by atoms with Crippen molar-refractivity contribution in [3.8, 4) is 0 Å². The van der Waals surface area contributed by atoms with Crippen LogP contribution in [0.3, 0.4) is 0 Å². The largest absolute Gasteiger partial charge is 0.309 e. The second-order valence-electron chi connectivity index (χ2n) is 8.19. The fourth-order valence-electron chi connectivity index (χ4n) is 4.50. The number of halogens is 1. The van der Waals surface area contributed by atoms with Crippen LogP contribution < -0.4 is 9.80 Å². The van der Waals surface area contributed by atoms with Crippen LogP contribution in [0.4, 0.5) is 15.8 Å². The first-order valence-electron chi connectivity index (χ1n) is 11.1. The van der Waals surface area contributed by atoms with Gasteiger partial charge in [-0.2, -0.15) is 0 Å². The Morgan fingerprint density at radius 3 is 2.31 bits per heavy atom. The van der Waals surface area contributed by atoms with E-state index in [-0.39, 0.29) is 29.7 Å². The van der Waals surface area contributed by atoms with Gasteiger partial charge >= 0.3 is 0 Å². The van der Waals surface area contributed by atoms with Gasteiger partial charge in [0.25, 0.3) is 5.91 Å². The monoisotopic (exact) mass is 430 g/mol. The zero-order valence-electron chi connectivity index (χ0n) is 18.4. The van der Waals surface area contributed by atoms with Crippen LogP contribution in [0.1, 0.15) is 55.1 Å². The molecule has 5 heteroatoms. The highest BCUT2D eigenvalue weighted by atomic mass is 19.1. The number of hydrogen-bond acceptors (Lipinski definition) is 2. The second-order valence-corrected chi connectivity index (χ2v) is 8.19. The average Bonchev–Trinajstić information content (AvgIpc) is 2.81. The van der Waals surface area contributed by atoms with Crippen molar-refractivity contribution in [2.75, 3.05) is 9.80 Å². The van der Waals surface area contributed by atoms with Crippen LogP contribution in [0.2, 0.25) is 0 Å². The maximum atomic E-state index is 13.7. The van der Waals surface area contributed by atoms with E-state index < -0.39 is 0 Å². The lowest BCUT2D eigenvalue weighted by atomic mass is 9.89. The molecule has 4 nitrogen and oxygen atoms in total. The molecule has 2 amide bonds. The number of fused-ring (bicyclic) bond motifs is 1. The first-order valence-corrected chi connectivity index (χ1v) is 11.1. The number of para-hydroxylation sites is 1. The Hall–Kier alpha value is -3.47. The molecule has 0 fully saturated rings. The van der Waals surface area contributed by atoms with Gasteiger partial charge in [-0.15, -0.1) is 0 Å². The van der Waals surface area contributed by atoms with Crippen LogP contribution in [0.5, 0.6) is 0 Å². The van der Waals surface area contributed by atoms with Crippen molar-refractivity contribution in [3.63, 3.8) is 0 Å². The van der Waals surface area contributed by atoms with Gasteiger partial charge in [0.1, 0.15) is 5.82 Å². The lowest BCUT2D eigenvalue weighted by molar-refractivity contribution is -0.119. The molecule has 164 valence electrons. The molecular weight excluding hydrogens is 403 g/mol. The number of rotatable bonds is 5. The Labute approximate surface area is 188 Å². The van der Waals surface area contributed by atoms with Crippen molar-refractivity contribution in [2.24, 2.45) is 0 Å². The number of carbonyl (C=O) groups is 2. The molecule has 3 aromatic rings. The Balaban J connectivity index is 1.83. The highest BCUT2D eigenvalue weighted by molar-refractivity contribution is 6.07. The van der Waals surface area contributed by atoms with Crippen molar-refractivity contribution in [1.82, 2.24) is 0 Å². The molecule has 1 aliphatic heterocycles. The van der Waals surface area contributed by atoms with Gasteiger partial charge in [0.15, 0.2) is 0 Å². The van der Waals surface area contributed by atoms with Crippen LogP contribution in [0.15, 0.2) is 78.9 Å². The van der Waals surface area contributed by atoms with Gasteiger partial charge in [0.2, 0.25) is 5.91 Å². The van der Waals surface area contributed by atoms with Crippen LogP contribution in [0, 0.1) is 5.82 Å². The van der Waals surface area contributed by atoms with E-state index in [0.717, 1.165) is 17.7 Å². The van der Waals surface area contributed by atoms with E-state index >= 15 is 0 Å². The van der Waals surface area contributed by atoms with Gasteiger partial charge in [-0.3, -0.25) is 9.59 Å². The Morgan fingerprint density at radius 1 is 0.969 bits per heavy atom. The summed E-state index contributed by atoms with van der Waals surface area (Å²) >= 11 is 0. The van der Waals surface area contributed by atoms with Crippen LogP contribution in [-0.2, 0) is 4.79 Å². The third-order valence-electron chi connectivity index (χ3n) is 5.95. The maximum absolute atomic E-state index is 13.7. The molecule has 2 atom stereocenters. The normalized spacial score (nSPS) is 17.5. The van der Waals surface area contributed by atoms with Gasteiger partial charge in [0.05, 0.1) is 6.04 Å². The average molecular weight is 431 g/mol. The fraction of sp³-hybridized carbons (Fsp3) is 0.259. The van der Waals surface area contributed by atoms with E-state index in [0.29, 0.717) is 24.1 Å². The predicted molar refractivity (Wildman–Crippen MR) is 125 cm³/mol. The summed E-state index contributed by atoms with van der Waals surface area (Å²) in [7, 11) is 0. The molecule has 3 aromatic carbocycles. The molecule has 0 radical (unpaired) electrons. The summed E-state index contributed by atoms with van der Waals surface area (Å²) in [5, 5.41) is 0. The lowest BCUT2D eigenvalue weighted by Gasteiger charge is -2.43. The van der Waals surface area contributed by atoms with Crippen molar-refractivity contribution >= 4 is 23.2 Å². The van der Waals surface area contributed by atoms with Crippen LogP contribution in [-0.4, -0.2) is 17.9 Å². The summed E-state index contributed by atoms with van der Waals surface area (Å²) in [6.45, 7) is 4.02. The number of benzene rings is 3. The van der Waals surface area contributed by atoms with Crippen molar-refractivity contribution in [2.45, 2.75) is 45.2 Å². The molecule has 0 saturated carbocycles. The molecule has 0 aromatic heterocycles. The highest BCUT2D eigenvalue weighted by Gasteiger charge is 2.38. The van der Waals surface area contributed by atoms with E-state index in [4.69, 9.17) is 0 Å². The maximum Gasteiger partial charge on any atom is 0.258 e. The Kier molecular flexibility index (Phi) is 6.35. The molecule has 1 heterocycles. The topological polar surface area (TPSA) is 40.6 Å². The zero-order chi connectivity index (χ0) is 22.7. The number of anilines is 2. The molecule has 0 spiro atoms. The summed E-state index contributed by atoms with van der Waals surface area (Å²) in [4.78, 5) is 30.2. The zero-order valence-corrected chi connectivity index (χ0v) is 18.4.